The van der Waals surface area contributed by atoms with Gasteiger partial charge in [-0.1, -0.05) is 12.7 Å². The molecule has 2 N–H and O–H groups in total. The summed E-state index contributed by atoms with van der Waals surface area (Å²) in [6.07, 6.45) is 1.57. The lowest BCUT2D eigenvalue weighted by Gasteiger charge is -2.09. The van der Waals surface area contributed by atoms with Gasteiger partial charge in [0, 0.05) is 17.3 Å². The Hall–Kier alpha value is -2.69. The summed E-state index contributed by atoms with van der Waals surface area (Å²) in [5.74, 6) is -3.23. The van der Waals surface area contributed by atoms with E-state index in [-0.39, 0.29) is 17.0 Å². The average Bonchev–Trinajstić information content (AvgIpc) is 2.48. The minimum absolute atomic E-state index is 0.00408. The predicted octanol–water partition coefficient (Wildman–Crippen LogP) is 4.47. The van der Waals surface area contributed by atoms with Gasteiger partial charge in [-0.25, -0.2) is 4.39 Å². The van der Waals surface area contributed by atoms with Crippen molar-refractivity contribution >= 4 is 17.5 Å². The lowest BCUT2D eigenvalue weighted by atomic mass is 10.1. The molecule has 0 radical (unpaired) electrons. The molecule has 114 valence electrons. The molecule has 22 heavy (non-hydrogen) atoms. The Labute approximate surface area is 126 Å². The van der Waals surface area contributed by atoms with Gasteiger partial charge >= 0.3 is 0 Å². The SMILES string of the molecule is C=Cc1cc(O)cc(N=C(C)c2ccc(O)c(F)c2F)c1C. The minimum atomic E-state index is -1.31. The zero-order valence-corrected chi connectivity index (χ0v) is 12.2. The van der Waals surface area contributed by atoms with Crippen LogP contribution in [0.15, 0.2) is 35.8 Å². The molecule has 0 atom stereocenters. The van der Waals surface area contributed by atoms with Crippen LogP contribution in [0.25, 0.3) is 6.08 Å². The van der Waals surface area contributed by atoms with Crippen molar-refractivity contribution in [2.24, 2.45) is 4.99 Å². The number of halogens is 2. The lowest BCUT2D eigenvalue weighted by molar-refractivity contribution is 0.406. The fourth-order valence-corrected chi connectivity index (χ4v) is 2.09. The van der Waals surface area contributed by atoms with Gasteiger partial charge in [-0.15, -0.1) is 0 Å². The maximum absolute atomic E-state index is 13.9. The van der Waals surface area contributed by atoms with E-state index in [0.29, 0.717) is 11.3 Å². The van der Waals surface area contributed by atoms with Crippen molar-refractivity contribution in [3.05, 3.63) is 59.2 Å². The smallest absolute Gasteiger partial charge is 0.201 e. The van der Waals surface area contributed by atoms with Gasteiger partial charge in [0.2, 0.25) is 5.82 Å². The van der Waals surface area contributed by atoms with Crippen LogP contribution >= 0.6 is 0 Å². The number of rotatable bonds is 3. The predicted molar refractivity (Wildman–Crippen MR) is 82.8 cm³/mol. The first-order valence-electron chi connectivity index (χ1n) is 6.53. The van der Waals surface area contributed by atoms with Gasteiger partial charge in [-0.05, 0) is 43.2 Å². The van der Waals surface area contributed by atoms with Crippen molar-refractivity contribution in [2.45, 2.75) is 13.8 Å². The van der Waals surface area contributed by atoms with Crippen LogP contribution in [0.4, 0.5) is 14.5 Å². The van der Waals surface area contributed by atoms with E-state index in [1.807, 2.05) is 0 Å². The van der Waals surface area contributed by atoms with Crippen LogP contribution < -0.4 is 0 Å². The normalized spacial score (nSPS) is 11.5. The van der Waals surface area contributed by atoms with E-state index >= 15 is 0 Å². The van der Waals surface area contributed by atoms with Crippen LogP contribution in [-0.2, 0) is 0 Å². The van der Waals surface area contributed by atoms with Crippen LogP contribution in [0.1, 0.15) is 23.6 Å². The van der Waals surface area contributed by atoms with E-state index < -0.39 is 17.4 Å². The highest BCUT2D eigenvalue weighted by atomic mass is 19.2. The molecule has 0 saturated heterocycles. The van der Waals surface area contributed by atoms with Gasteiger partial charge in [-0.3, -0.25) is 4.99 Å². The summed E-state index contributed by atoms with van der Waals surface area (Å²) in [5.41, 5.74) is 2.05. The van der Waals surface area contributed by atoms with E-state index in [9.17, 15) is 13.9 Å². The van der Waals surface area contributed by atoms with Gasteiger partial charge in [0.25, 0.3) is 0 Å². The highest BCUT2D eigenvalue weighted by Gasteiger charge is 2.15. The third kappa shape index (κ3) is 2.83. The van der Waals surface area contributed by atoms with Crippen molar-refractivity contribution in [3.8, 4) is 11.5 Å². The number of aromatic hydroxyl groups is 2. The number of hydrogen-bond donors (Lipinski definition) is 2. The molecule has 5 heteroatoms. The molecule has 0 heterocycles. The monoisotopic (exact) mass is 303 g/mol. The van der Waals surface area contributed by atoms with Crippen molar-refractivity contribution in [3.63, 3.8) is 0 Å². The second kappa shape index (κ2) is 5.97. The fraction of sp³-hybridized carbons (Fsp3) is 0.118. The van der Waals surface area contributed by atoms with Crippen LogP contribution in [0.2, 0.25) is 0 Å². The molecule has 2 aromatic rings. The zero-order chi connectivity index (χ0) is 16.4. The molecular weight excluding hydrogens is 288 g/mol. The molecule has 2 rings (SSSR count). The summed E-state index contributed by atoms with van der Waals surface area (Å²) in [7, 11) is 0. The molecule has 0 saturated carbocycles. The van der Waals surface area contributed by atoms with Crippen LogP contribution in [0, 0.1) is 18.6 Å². The van der Waals surface area contributed by atoms with Gasteiger partial charge in [-0.2, -0.15) is 4.39 Å². The first-order valence-corrected chi connectivity index (χ1v) is 6.53. The molecule has 0 fully saturated rings. The molecule has 0 unspecified atom stereocenters. The molecule has 0 aliphatic carbocycles. The lowest BCUT2D eigenvalue weighted by Crippen LogP contribution is -2.01. The van der Waals surface area contributed by atoms with Crippen LogP contribution in [0.5, 0.6) is 11.5 Å². The Morgan fingerprint density at radius 2 is 1.86 bits per heavy atom. The fourth-order valence-electron chi connectivity index (χ4n) is 2.09. The van der Waals surface area contributed by atoms with Crippen molar-refractivity contribution in [1.82, 2.24) is 0 Å². The third-order valence-corrected chi connectivity index (χ3v) is 3.36. The molecule has 3 nitrogen and oxygen atoms in total. The largest absolute Gasteiger partial charge is 0.508 e. The molecule has 0 bridgehead atoms. The summed E-state index contributed by atoms with van der Waals surface area (Å²) in [5, 5.41) is 18.8. The maximum Gasteiger partial charge on any atom is 0.201 e. The van der Waals surface area contributed by atoms with E-state index in [1.165, 1.54) is 25.1 Å². The summed E-state index contributed by atoms with van der Waals surface area (Å²) in [4.78, 5) is 4.25. The van der Waals surface area contributed by atoms with Gasteiger partial charge in [0.1, 0.15) is 5.75 Å². The van der Waals surface area contributed by atoms with Crippen LogP contribution in [0.3, 0.4) is 0 Å². The topological polar surface area (TPSA) is 52.8 Å². The first-order chi connectivity index (χ1) is 10.3. The highest BCUT2D eigenvalue weighted by molar-refractivity contribution is 6.01. The van der Waals surface area contributed by atoms with E-state index in [0.717, 1.165) is 11.6 Å². The number of nitrogens with zero attached hydrogens (tertiary/aromatic N) is 1. The summed E-state index contributed by atoms with van der Waals surface area (Å²) >= 11 is 0. The molecule has 0 aliphatic heterocycles. The van der Waals surface area contributed by atoms with E-state index in [4.69, 9.17) is 5.11 Å². The van der Waals surface area contributed by atoms with Gasteiger partial charge < -0.3 is 10.2 Å². The Balaban J connectivity index is 2.57. The summed E-state index contributed by atoms with van der Waals surface area (Å²) in [6.45, 7) is 6.96. The quantitative estimate of drug-likeness (QED) is 0.822. The molecular formula is C17H15F2NO2. The van der Waals surface area contributed by atoms with E-state index in [2.05, 4.69) is 11.6 Å². The Kier molecular flexibility index (Phi) is 4.26. The van der Waals surface area contributed by atoms with Crippen molar-refractivity contribution in [1.29, 1.82) is 0 Å². The Bertz CT molecular complexity index is 783. The van der Waals surface area contributed by atoms with Crippen molar-refractivity contribution in [2.75, 3.05) is 0 Å². The summed E-state index contributed by atoms with van der Waals surface area (Å²) in [6, 6.07) is 5.29. The minimum Gasteiger partial charge on any atom is -0.508 e. The van der Waals surface area contributed by atoms with Gasteiger partial charge in [0.05, 0.1) is 5.69 Å². The number of benzene rings is 2. The van der Waals surface area contributed by atoms with E-state index in [1.54, 1.807) is 13.0 Å². The van der Waals surface area contributed by atoms with Crippen molar-refractivity contribution < 1.29 is 19.0 Å². The zero-order valence-electron chi connectivity index (χ0n) is 12.2. The Morgan fingerprint density at radius 3 is 2.50 bits per heavy atom. The molecule has 0 aromatic heterocycles. The van der Waals surface area contributed by atoms with Gasteiger partial charge in [0.15, 0.2) is 11.6 Å². The number of phenols is 2. The second-order valence-corrected chi connectivity index (χ2v) is 4.84. The molecule has 0 spiro atoms. The highest BCUT2D eigenvalue weighted by Crippen LogP contribution is 2.30. The molecule has 0 aliphatic rings. The maximum atomic E-state index is 13.9. The number of phenolic OH excluding ortho intramolecular Hbond substituents is 2. The average molecular weight is 303 g/mol. The molecule has 2 aromatic carbocycles. The Morgan fingerprint density at radius 1 is 1.18 bits per heavy atom. The number of hydrogen-bond acceptors (Lipinski definition) is 3. The third-order valence-electron chi connectivity index (χ3n) is 3.36. The standard InChI is InChI=1S/C17H15F2NO2/c1-4-11-7-12(21)8-14(9(11)2)20-10(3)13-5-6-15(22)17(19)16(13)18/h4-8,21-22H,1H2,2-3H3. The number of aliphatic imine (C=N–C) groups is 1. The molecule has 0 amide bonds. The van der Waals surface area contributed by atoms with Crippen LogP contribution in [-0.4, -0.2) is 15.9 Å². The first kappa shape index (κ1) is 15.7. The summed E-state index contributed by atoms with van der Waals surface area (Å²) < 4.78 is 27.3. The second-order valence-electron chi connectivity index (χ2n) is 4.84.